The van der Waals surface area contributed by atoms with Crippen molar-refractivity contribution < 1.29 is 31.4 Å². The number of phenols is 1. The minimum absolute atomic E-state index is 0.0312. The fourth-order valence-electron chi connectivity index (χ4n) is 2.60. The van der Waals surface area contributed by atoms with Gasteiger partial charge in [-0.2, -0.15) is 31.6 Å². The van der Waals surface area contributed by atoms with Gasteiger partial charge in [0.05, 0.1) is 11.1 Å². The summed E-state index contributed by atoms with van der Waals surface area (Å²) in [5.74, 6) is -0.278. The molecule has 0 radical (unpaired) electrons. The molecule has 0 amide bonds. The molecule has 5 nitrogen and oxygen atoms in total. The van der Waals surface area contributed by atoms with E-state index in [9.17, 15) is 31.4 Å². The second-order valence-corrected chi connectivity index (χ2v) is 6.09. The molecule has 3 aromatic rings. The van der Waals surface area contributed by atoms with Gasteiger partial charge in [-0.3, -0.25) is 0 Å². The summed E-state index contributed by atoms with van der Waals surface area (Å²) in [4.78, 5) is 0. The lowest BCUT2D eigenvalue weighted by molar-refractivity contribution is -0.143. The van der Waals surface area contributed by atoms with Crippen LogP contribution in [0.1, 0.15) is 27.9 Å². The Hall–Kier alpha value is -3.81. The number of aromatic amines is 1. The summed E-state index contributed by atoms with van der Waals surface area (Å²) in [6.07, 6.45) is -7.77. The van der Waals surface area contributed by atoms with Crippen molar-refractivity contribution in [2.24, 2.45) is 0 Å². The summed E-state index contributed by atoms with van der Waals surface area (Å²) in [5, 5.41) is 28.6. The maximum atomic E-state index is 13.0. The van der Waals surface area contributed by atoms with Crippen molar-refractivity contribution in [3.05, 3.63) is 64.3 Å². The quantitative estimate of drug-likeness (QED) is 0.444. The zero-order valence-corrected chi connectivity index (χ0v) is 14.7. The highest BCUT2D eigenvalue weighted by molar-refractivity contribution is 5.77. The maximum Gasteiger partial charge on any atom is 0.416 e. The summed E-state index contributed by atoms with van der Waals surface area (Å²) in [6.45, 7) is 0. The molecule has 0 spiro atoms. The molecule has 1 heterocycles. The second kappa shape index (κ2) is 7.55. The number of phenolic OH excluding ortho intramolecular Hbond substituents is 1. The zero-order valence-electron chi connectivity index (χ0n) is 14.7. The number of nitrogens with one attached hydrogen (secondary N) is 1. The van der Waals surface area contributed by atoms with Gasteiger partial charge in [0.25, 0.3) is 0 Å². The first-order valence-electron chi connectivity index (χ1n) is 8.11. The average Bonchev–Trinajstić information content (AvgIpc) is 3.14. The SMILES string of the molecule is N#Cc1[nH]nnc1-c1ccc(O)c(/C=C/c2cc(C(F)(F)F)cc(C(F)(F)F)c2)c1. The third-order valence-electron chi connectivity index (χ3n) is 4.03. The minimum atomic E-state index is -4.97. The van der Waals surface area contributed by atoms with E-state index in [-0.39, 0.29) is 34.3 Å². The Morgan fingerprint density at radius 3 is 2.13 bits per heavy atom. The molecule has 154 valence electrons. The number of hydrogen-bond acceptors (Lipinski definition) is 4. The van der Waals surface area contributed by atoms with Crippen molar-refractivity contribution in [3.63, 3.8) is 0 Å². The Labute approximate surface area is 164 Å². The van der Waals surface area contributed by atoms with Crippen LogP contribution in [0.15, 0.2) is 36.4 Å². The van der Waals surface area contributed by atoms with Gasteiger partial charge in [-0.1, -0.05) is 17.4 Å². The van der Waals surface area contributed by atoms with Gasteiger partial charge in [0.2, 0.25) is 0 Å². The van der Waals surface area contributed by atoms with Crippen LogP contribution in [0, 0.1) is 11.3 Å². The number of alkyl halides is 6. The number of rotatable bonds is 3. The molecule has 0 aliphatic rings. The predicted octanol–water partition coefficient (Wildman–Crippen LogP) is 5.26. The topological polar surface area (TPSA) is 85.6 Å². The van der Waals surface area contributed by atoms with Gasteiger partial charge >= 0.3 is 12.4 Å². The summed E-state index contributed by atoms with van der Waals surface area (Å²) in [6, 6.07) is 7.04. The molecular weight excluding hydrogens is 414 g/mol. The molecule has 11 heteroatoms. The van der Waals surface area contributed by atoms with Gasteiger partial charge in [-0.05, 0) is 42.0 Å². The molecule has 1 aromatic heterocycles. The van der Waals surface area contributed by atoms with E-state index in [1.165, 1.54) is 18.2 Å². The lowest BCUT2D eigenvalue weighted by Crippen LogP contribution is -2.11. The second-order valence-electron chi connectivity index (χ2n) is 6.09. The van der Waals surface area contributed by atoms with E-state index < -0.39 is 23.5 Å². The Bertz CT molecular complexity index is 1120. The summed E-state index contributed by atoms with van der Waals surface area (Å²) >= 11 is 0. The number of hydrogen-bond donors (Lipinski definition) is 2. The monoisotopic (exact) mass is 424 g/mol. The Morgan fingerprint density at radius 1 is 0.933 bits per heavy atom. The largest absolute Gasteiger partial charge is 0.507 e. The van der Waals surface area contributed by atoms with E-state index in [1.54, 1.807) is 0 Å². The molecule has 30 heavy (non-hydrogen) atoms. The number of aromatic nitrogens is 3. The standard InChI is InChI=1S/C19H10F6N4O/c20-18(21,22)13-5-10(6-14(8-13)19(23,24)25)1-2-11-7-12(3-4-16(11)30)17-15(9-26)27-29-28-17/h1-8,30H,(H,27,28,29)/b2-1+. The first kappa shape index (κ1) is 20.9. The van der Waals surface area contributed by atoms with E-state index in [1.807, 2.05) is 6.07 Å². The van der Waals surface area contributed by atoms with Gasteiger partial charge in [0.15, 0.2) is 5.69 Å². The number of nitrogens with zero attached hydrogens (tertiary/aromatic N) is 3. The van der Waals surface area contributed by atoms with Crippen molar-refractivity contribution in [2.75, 3.05) is 0 Å². The van der Waals surface area contributed by atoms with Crippen LogP contribution in [0.3, 0.4) is 0 Å². The Balaban J connectivity index is 2.04. The fourth-order valence-corrected chi connectivity index (χ4v) is 2.60. The van der Waals surface area contributed by atoms with Gasteiger partial charge < -0.3 is 5.11 Å². The van der Waals surface area contributed by atoms with Crippen LogP contribution in [0.25, 0.3) is 23.4 Å². The van der Waals surface area contributed by atoms with E-state index >= 15 is 0 Å². The maximum absolute atomic E-state index is 13.0. The molecule has 0 saturated heterocycles. The molecule has 0 fully saturated rings. The van der Waals surface area contributed by atoms with E-state index in [4.69, 9.17) is 5.26 Å². The first-order chi connectivity index (χ1) is 14.0. The van der Waals surface area contributed by atoms with Crippen LogP contribution in [0.5, 0.6) is 5.75 Å². The number of benzene rings is 2. The third-order valence-corrected chi connectivity index (χ3v) is 4.03. The third kappa shape index (κ3) is 4.43. The summed E-state index contributed by atoms with van der Waals surface area (Å²) in [7, 11) is 0. The molecule has 0 atom stereocenters. The minimum Gasteiger partial charge on any atom is -0.507 e. The highest BCUT2D eigenvalue weighted by atomic mass is 19.4. The summed E-state index contributed by atoms with van der Waals surface area (Å²) < 4.78 is 77.8. The van der Waals surface area contributed by atoms with Crippen molar-refractivity contribution in [1.82, 2.24) is 15.4 Å². The molecule has 2 aromatic carbocycles. The lowest BCUT2D eigenvalue weighted by atomic mass is 10.0. The normalized spacial score (nSPS) is 12.3. The molecule has 0 unspecified atom stereocenters. The van der Waals surface area contributed by atoms with Gasteiger partial charge in [-0.15, -0.1) is 5.10 Å². The molecular formula is C19H10F6N4O. The Kier molecular flexibility index (Phi) is 5.26. The molecule has 3 rings (SSSR count). The van der Waals surface area contributed by atoms with Crippen LogP contribution in [0.2, 0.25) is 0 Å². The highest BCUT2D eigenvalue weighted by Crippen LogP contribution is 2.37. The average molecular weight is 424 g/mol. The van der Waals surface area contributed by atoms with Crippen LogP contribution in [-0.2, 0) is 12.4 Å². The zero-order chi connectivity index (χ0) is 22.1. The van der Waals surface area contributed by atoms with E-state index in [0.29, 0.717) is 17.7 Å². The highest BCUT2D eigenvalue weighted by Gasteiger charge is 2.36. The molecule has 0 saturated carbocycles. The molecule has 0 bridgehead atoms. The number of halogens is 6. The first-order valence-corrected chi connectivity index (χ1v) is 8.11. The van der Waals surface area contributed by atoms with Crippen molar-refractivity contribution in [2.45, 2.75) is 12.4 Å². The van der Waals surface area contributed by atoms with Gasteiger partial charge in [0, 0.05) is 11.1 Å². The van der Waals surface area contributed by atoms with Crippen molar-refractivity contribution >= 4 is 12.2 Å². The summed E-state index contributed by atoms with van der Waals surface area (Å²) in [5.41, 5.74) is -2.59. The number of H-pyrrole nitrogens is 1. The van der Waals surface area contributed by atoms with Crippen LogP contribution in [0.4, 0.5) is 26.3 Å². The van der Waals surface area contributed by atoms with E-state index in [2.05, 4.69) is 15.4 Å². The van der Waals surface area contributed by atoms with Crippen molar-refractivity contribution in [3.8, 4) is 23.1 Å². The smallest absolute Gasteiger partial charge is 0.416 e. The molecule has 0 aliphatic heterocycles. The van der Waals surface area contributed by atoms with E-state index in [0.717, 1.165) is 12.2 Å². The number of nitriles is 1. The van der Waals surface area contributed by atoms with Crippen LogP contribution >= 0.6 is 0 Å². The number of aromatic hydroxyl groups is 1. The lowest BCUT2D eigenvalue weighted by Gasteiger charge is -2.13. The predicted molar refractivity (Wildman–Crippen MR) is 93.6 cm³/mol. The van der Waals surface area contributed by atoms with Crippen molar-refractivity contribution in [1.29, 1.82) is 5.26 Å². The molecule has 2 N–H and O–H groups in total. The fraction of sp³-hybridized carbons (Fsp3) is 0.105. The van der Waals surface area contributed by atoms with Gasteiger partial charge in [0.1, 0.15) is 17.5 Å². The van der Waals surface area contributed by atoms with Crippen LogP contribution in [-0.4, -0.2) is 20.5 Å². The molecule has 0 aliphatic carbocycles. The van der Waals surface area contributed by atoms with Crippen LogP contribution < -0.4 is 0 Å². The van der Waals surface area contributed by atoms with Gasteiger partial charge in [-0.25, -0.2) is 5.10 Å². The Morgan fingerprint density at radius 2 is 1.57 bits per heavy atom.